The Bertz CT molecular complexity index is 859. The van der Waals surface area contributed by atoms with Crippen molar-refractivity contribution in [1.82, 2.24) is 0 Å². The Morgan fingerprint density at radius 3 is 2.36 bits per heavy atom. The van der Waals surface area contributed by atoms with E-state index in [0.29, 0.717) is 17.5 Å². The smallest absolute Gasteiger partial charge is 0.189 e. The molecule has 0 amide bonds. The van der Waals surface area contributed by atoms with Crippen molar-refractivity contribution < 1.29 is 25.2 Å². The monoisotopic (exact) mass is 340 g/mol. The molecule has 25 heavy (non-hydrogen) atoms. The van der Waals surface area contributed by atoms with Crippen LogP contribution in [0.3, 0.4) is 0 Å². The zero-order valence-corrected chi connectivity index (χ0v) is 14.0. The molecule has 2 aromatic rings. The summed E-state index contributed by atoms with van der Waals surface area (Å²) in [5, 5.41) is 39.2. The van der Waals surface area contributed by atoms with Crippen LogP contribution in [0, 0.1) is 0 Å². The van der Waals surface area contributed by atoms with Gasteiger partial charge in [-0.25, -0.2) is 0 Å². The predicted molar refractivity (Wildman–Crippen MR) is 96.0 cm³/mol. The van der Waals surface area contributed by atoms with E-state index < -0.39 is 5.78 Å². The van der Waals surface area contributed by atoms with E-state index in [0.717, 1.165) is 11.6 Å². The number of ketones is 1. The molecular formula is C20H20O5. The van der Waals surface area contributed by atoms with Crippen LogP contribution in [0.25, 0.3) is 6.08 Å². The molecule has 0 bridgehead atoms. The van der Waals surface area contributed by atoms with Crippen LogP contribution in [0.2, 0.25) is 0 Å². The quantitative estimate of drug-likeness (QED) is 0.376. The molecule has 5 heteroatoms. The molecule has 0 aliphatic rings. The summed E-state index contributed by atoms with van der Waals surface area (Å²) in [5.41, 5.74) is 1.85. The first-order valence-corrected chi connectivity index (χ1v) is 7.71. The molecule has 0 radical (unpaired) electrons. The standard InChI is InChI=1S/C20H20O5/c1-12(2)3-7-16-18(23)10-5-13(20(16)25)4-9-17(22)15-8-6-14(21)11-19(15)24/h3-6,8-11,21,23-25H,7H2,1-2H3. The third kappa shape index (κ3) is 4.41. The fourth-order valence-corrected chi connectivity index (χ4v) is 2.27. The Morgan fingerprint density at radius 1 is 1.00 bits per heavy atom. The largest absolute Gasteiger partial charge is 0.508 e. The van der Waals surface area contributed by atoms with Crippen LogP contribution >= 0.6 is 0 Å². The lowest BCUT2D eigenvalue weighted by molar-refractivity contribution is 0.104. The highest BCUT2D eigenvalue weighted by Gasteiger charge is 2.12. The number of phenols is 4. The lowest BCUT2D eigenvalue weighted by Crippen LogP contribution is -1.95. The number of aromatic hydroxyl groups is 4. The summed E-state index contributed by atoms with van der Waals surface area (Å²) >= 11 is 0. The summed E-state index contributed by atoms with van der Waals surface area (Å²) in [4.78, 5) is 12.2. The molecular weight excluding hydrogens is 320 g/mol. The summed E-state index contributed by atoms with van der Waals surface area (Å²) in [6, 6.07) is 6.65. The molecule has 0 saturated carbocycles. The van der Waals surface area contributed by atoms with Gasteiger partial charge in [0.15, 0.2) is 5.78 Å². The van der Waals surface area contributed by atoms with Gasteiger partial charge in [-0.3, -0.25) is 4.79 Å². The van der Waals surface area contributed by atoms with Crippen molar-refractivity contribution in [1.29, 1.82) is 0 Å². The number of hydrogen-bond acceptors (Lipinski definition) is 5. The van der Waals surface area contributed by atoms with Gasteiger partial charge in [0.2, 0.25) is 0 Å². The summed E-state index contributed by atoms with van der Waals surface area (Å²) in [5.74, 6) is -1.06. The minimum absolute atomic E-state index is 0.0188. The minimum atomic E-state index is -0.476. The summed E-state index contributed by atoms with van der Waals surface area (Å²) in [6.07, 6.45) is 4.87. The van der Waals surface area contributed by atoms with Crippen LogP contribution in [0.15, 0.2) is 48.1 Å². The molecule has 0 spiro atoms. The van der Waals surface area contributed by atoms with Gasteiger partial charge in [-0.1, -0.05) is 11.6 Å². The molecule has 0 fully saturated rings. The summed E-state index contributed by atoms with van der Waals surface area (Å²) < 4.78 is 0. The molecule has 0 saturated heterocycles. The molecule has 5 nitrogen and oxygen atoms in total. The van der Waals surface area contributed by atoms with Crippen molar-refractivity contribution >= 4 is 11.9 Å². The van der Waals surface area contributed by atoms with Gasteiger partial charge in [0.1, 0.15) is 23.0 Å². The second-order valence-electron chi connectivity index (χ2n) is 5.89. The SMILES string of the molecule is CC(C)=CCc1c(O)ccc(C=CC(=O)c2ccc(O)cc2O)c1O. The molecule has 4 N–H and O–H groups in total. The average Bonchev–Trinajstić information content (AvgIpc) is 2.53. The van der Waals surface area contributed by atoms with Crippen molar-refractivity contribution in [3.05, 3.63) is 64.7 Å². The minimum Gasteiger partial charge on any atom is -0.508 e. The van der Waals surface area contributed by atoms with Crippen LogP contribution in [0.1, 0.15) is 35.3 Å². The second-order valence-corrected chi connectivity index (χ2v) is 5.89. The average molecular weight is 340 g/mol. The van der Waals surface area contributed by atoms with E-state index in [1.165, 1.54) is 36.4 Å². The number of phenolic OH excluding ortho intramolecular Hbond substituents is 4. The van der Waals surface area contributed by atoms with E-state index in [2.05, 4.69) is 0 Å². The number of rotatable bonds is 5. The van der Waals surface area contributed by atoms with Crippen LogP contribution in [-0.4, -0.2) is 26.2 Å². The zero-order valence-electron chi connectivity index (χ0n) is 14.0. The molecule has 2 rings (SSSR count). The highest BCUT2D eigenvalue weighted by atomic mass is 16.3. The summed E-state index contributed by atoms with van der Waals surface area (Å²) in [7, 11) is 0. The van der Waals surface area contributed by atoms with Crippen LogP contribution in [0.4, 0.5) is 0 Å². The number of carbonyl (C=O) groups excluding carboxylic acids is 1. The maximum absolute atomic E-state index is 12.2. The highest BCUT2D eigenvalue weighted by molar-refractivity contribution is 6.08. The molecule has 0 aliphatic heterocycles. The molecule has 0 unspecified atom stereocenters. The van der Waals surface area contributed by atoms with E-state index in [9.17, 15) is 25.2 Å². The first-order chi connectivity index (χ1) is 11.8. The van der Waals surface area contributed by atoms with Gasteiger partial charge in [0, 0.05) is 17.2 Å². The number of hydrogen-bond donors (Lipinski definition) is 4. The molecule has 130 valence electrons. The predicted octanol–water partition coefficient (Wildman–Crippen LogP) is 3.91. The number of allylic oxidation sites excluding steroid dienone is 3. The number of carbonyl (C=O) groups is 1. The Morgan fingerprint density at radius 2 is 1.72 bits per heavy atom. The van der Waals surface area contributed by atoms with E-state index in [4.69, 9.17) is 0 Å². The van der Waals surface area contributed by atoms with Crippen molar-refractivity contribution in [2.75, 3.05) is 0 Å². The van der Waals surface area contributed by atoms with E-state index in [-0.39, 0.29) is 28.6 Å². The normalized spacial score (nSPS) is 10.8. The van der Waals surface area contributed by atoms with Gasteiger partial charge in [-0.2, -0.15) is 0 Å². The fraction of sp³-hybridized carbons (Fsp3) is 0.150. The third-order valence-electron chi connectivity index (χ3n) is 3.66. The van der Waals surface area contributed by atoms with Crippen LogP contribution in [0.5, 0.6) is 23.0 Å². The Labute approximate surface area is 145 Å². The van der Waals surface area contributed by atoms with Gasteiger partial charge in [0.05, 0.1) is 5.56 Å². The van der Waals surface area contributed by atoms with Gasteiger partial charge in [0.25, 0.3) is 0 Å². The van der Waals surface area contributed by atoms with Crippen molar-refractivity contribution in [2.45, 2.75) is 20.3 Å². The molecule has 0 aromatic heterocycles. The van der Waals surface area contributed by atoms with Gasteiger partial charge < -0.3 is 20.4 Å². The van der Waals surface area contributed by atoms with Crippen LogP contribution < -0.4 is 0 Å². The van der Waals surface area contributed by atoms with Crippen molar-refractivity contribution in [2.24, 2.45) is 0 Å². The lowest BCUT2D eigenvalue weighted by atomic mass is 10.0. The Balaban J connectivity index is 2.30. The third-order valence-corrected chi connectivity index (χ3v) is 3.66. The van der Waals surface area contributed by atoms with Gasteiger partial charge in [-0.05, 0) is 56.7 Å². The van der Waals surface area contributed by atoms with E-state index >= 15 is 0 Å². The Kier molecular flexibility index (Phi) is 5.49. The van der Waals surface area contributed by atoms with Gasteiger partial charge in [-0.15, -0.1) is 0 Å². The number of benzene rings is 2. The van der Waals surface area contributed by atoms with Gasteiger partial charge >= 0.3 is 0 Å². The molecule has 2 aromatic carbocycles. The Hall–Kier alpha value is -3.21. The van der Waals surface area contributed by atoms with E-state index in [1.54, 1.807) is 0 Å². The molecule has 0 atom stereocenters. The molecule has 0 aliphatic carbocycles. The highest BCUT2D eigenvalue weighted by Crippen LogP contribution is 2.32. The zero-order chi connectivity index (χ0) is 18.6. The first kappa shape index (κ1) is 18.1. The first-order valence-electron chi connectivity index (χ1n) is 7.71. The van der Waals surface area contributed by atoms with E-state index in [1.807, 2.05) is 19.9 Å². The maximum Gasteiger partial charge on any atom is 0.189 e. The summed E-state index contributed by atoms with van der Waals surface area (Å²) in [6.45, 7) is 3.83. The van der Waals surface area contributed by atoms with Crippen molar-refractivity contribution in [3.63, 3.8) is 0 Å². The fourth-order valence-electron chi connectivity index (χ4n) is 2.27. The topological polar surface area (TPSA) is 98.0 Å². The van der Waals surface area contributed by atoms with Crippen molar-refractivity contribution in [3.8, 4) is 23.0 Å². The second kappa shape index (κ2) is 7.57. The molecule has 0 heterocycles. The van der Waals surface area contributed by atoms with Crippen LogP contribution in [-0.2, 0) is 6.42 Å². The lowest BCUT2D eigenvalue weighted by Gasteiger charge is -2.08. The maximum atomic E-state index is 12.2.